The molecule has 1 N–H and O–H groups in total. The molecule has 0 bridgehead atoms. The molecule has 7 heteroatoms. The molecule has 4 rings (SSSR count). The van der Waals surface area contributed by atoms with Crippen LogP contribution < -0.4 is 4.74 Å². The molecule has 2 aromatic heterocycles. The van der Waals surface area contributed by atoms with Gasteiger partial charge >= 0.3 is 5.97 Å². The van der Waals surface area contributed by atoms with E-state index in [2.05, 4.69) is 0 Å². The van der Waals surface area contributed by atoms with Crippen molar-refractivity contribution in [2.45, 2.75) is 59.2 Å². The first-order valence-electron chi connectivity index (χ1n) is 10.3. The number of aryl methyl sites for hydroxylation is 2. The molecule has 1 aromatic carbocycles. The number of halogens is 1. The maximum atomic E-state index is 12.4. The number of thiophene rings is 1. The fraction of sp³-hybridized carbons (Fsp3) is 0.417. The monoisotopic (exact) mass is 459 g/mol. The molecule has 0 amide bonds. The summed E-state index contributed by atoms with van der Waals surface area (Å²) >= 11 is 8.51. The highest BCUT2D eigenvalue weighted by atomic mass is 35.5. The van der Waals surface area contributed by atoms with Crippen molar-refractivity contribution >= 4 is 39.1 Å². The molecule has 0 radical (unpaired) electrons. The lowest BCUT2D eigenvalue weighted by Crippen LogP contribution is -2.28. The van der Waals surface area contributed by atoms with E-state index in [1.54, 1.807) is 11.3 Å². The second kappa shape index (κ2) is 8.08. The third-order valence-corrected chi connectivity index (χ3v) is 6.67. The third-order valence-electron chi connectivity index (χ3n) is 5.29. The Hall–Kier alpha value is -2.15. The normalized spacial score (nSPS) is 14.9. The average molecular weight is 460 g/mol. The highest BCUT2D eigenvalue weighted by Gasteiger charge is 2.33. The Labute approximate surface area is 191 Å². The van der Waals surface area contributed by atoms with Gasteiger partial charge < -0.3 is 14.6 Å². The number of hydrogen-bond acceptors (Lipinski definition) is 5. The smallest absolute Gasteiger partial charge is 0.337 e. The lowest BCUT2D eigenvalue weighted by Gasteiger charge is -2.28. The minimum Gasteiger partial charge on any atom is -0.493 e. The van der Waals surface area contributed by atoms with Gasteiger partial charge in [0.2, 0.25) is 0 Å². The quantitative estimate of drug-likeness (QED) is 0.482. The first-order valence-corrected chi connectivity index (χ1v) is 11.5. The van der Waals surface area contributed by atoms with Crippen LogP contribution in [0.15, 0.2) is 18.2 Å². The number of fused-ring (bicyclic) bond motifs is 2. The van der Waals surface area contributed by atoms with E-state index in [4.69, 9.17) is 26.1 Å². The standard InChI is InChI=1S/C24H26ClNO4S/c1-12-11-16-19(15-8-9-17-14(20(15)25)7-6-10-29-17)18(13(2)26-22(16)31-12)21(23(27)28)30-24(3,4)5/h8-9,11,21H,6-7,10H2,1-5H3,(H,27,28)/t21-/m0/s1. The van der Waals surface area contributed by atoms with Crippen LogP contribution >= 0.6 is 22.9 Å². The number of benzene rings is 1. The van der Waals surface area contributed by atoms with Crippen LogP contribution in [-0.4, -0.2) is 28.3 Å². The Balaban J connectivity index is 2.06. The number of aromatic nitrogens is 1. The van der Waals surface area contributed by atoms with Gasteiger partial charge in [-0.2, -0.15) is 0 Å². The lowest BCUT2D eigenvalue weighted by atomic mass is 9.90. The molecule has 0 spiro atoms. The van der Waals surface area contributed by atoms with Crippen LogP contribution in [0, 0.1) is 13.8 Å². The number of nitrogens with zero attached hydrogens (tertiary/aromatic N) is 1. The van der Waals surface area contributed by atoms with Gasteiger partial charge in [-0.25, -0.2) is 9.78 Å². The van der Waals surface area contributed by atoms with Crippen LogP contribution in [0.2, 0.25) is 5.02 Å². The Morgan fingerprint density at radius 1 is 1.32 bits per heavy atom. The summed E-state index contributed by atoms with van der Waals surface area (Å²) in [6, 6.07) is 5.90. The van der Waals surface area contributed by atoms with E-state index in [1.165, 1.54) is 0 Å². The summed E-state index contributed by atoms with van der Waals surface area (Å²) in [5.41, 5.74) is 3.06. The summed E-state index contributed by atoms with van der Waals surface area (Å²) in [6.45, 7) is 10.1. The predicted octanol–water partition coefficient (Wildman–Crippen LogP) is 6.50. The van der Waals surface area contributed by atoms with E-state index in [0.717, 1.165) is 50.4 Å². The maximum Gasteiger partial charge on any atom is 0.337 e. The molecule has 1 aliphatic heterocycles. The van der Waals surface area contributed by atoms with Crippen molar-refractivity contribution in [1.82, 2.24) is 4.98 Å². The molecule has 1 atom stereocenters. The van der Waals surface area contributed by atoms with Gasteiger partial charge in [-0.05, 0) is 65.7 Å². The largest absolute Gasteiger partial charge is 0.493 e. The molecule has 3 aromatic rings. The number of carboxylic acid groups (broad SMARTS) is 1. The zero-order chi connectivity index (χ0) is 22.5. The zero-order valence-electron chi connectivity index (χ0n) is 18.3. The Morgan fingerprint density at radius 2 is 2.06 bits per heavy atom. The van der Waals surface area contributed by atoms with Crippen molar-refractivity contribution < 1.29 is 19.4 Å². The molecular weight excluding hydrogens is 434 g/mol. The number of pyridine rings is 1. The molecule has 1 aliphatic rings. The molecule has 0 aliphatic carbocycles. The SMILES string of the molecule is Cc1cc2c(-c3ccc4c(c3Cl)CCCO4)c([C@H](OC(C)(C)C)C(=O)O)c(C)nc2s1. The van der Waals surface area contributed by atoms with Crippen LogP contribution in [0.1, 0.15) is 55.0 Å². The number of aliphatic carboxylic acids is 1. The van der Waals surface area contributed by atoms with Gasteiger partial charge in [-0.15, -0.1) is 11.3 Å². The highest BCUT2D eigenvalue weighted by Crippen LogP contribution is 2.46. The topological polar surface area (TPSA) is 68.7 Å². The van der Waals surface area contributed by atoms with Crippen LogP contribution in [-0.2, 0) is 16.0 Å². The summed E-state index contributed by atoms with van der Waals surface area (Å²) < 4.78 is 11.8. The van der Waals surface area contributed by atoms with Crippen LogP contribution in [0.25, 0.3) is 21.3 Å². The number of ether oxygens (including phenoxy) is 2. The number of carboxylic acids is 1. The van der Waals surface area contributed by atoms with E-state index in [9.17, 15) is 9.90 Å². The van der Waals surface area contributed by atoms with Crippen molar-refractivity contribution in [2.24, 2.45) is 0 Å². The Bertz CT molecular complexity index is 1180. The maximum absolute atomic E-state index is 12.4. The molecule has 5 nitrogen and oxygen atoms in total. The van der Waals surface area contributed by atoms with E-state index < -0.39 is 17.7 Å². The van der Waals surface area contributed by atoms with Gasteiger partial charge in [-0.1, -0.05) is 11.6 Å². The van der Waals surface area contributed by atoms with Crippen molar-refractivity contribution in [3.8, 4) is 16.9 Å². The molecule has 0 unspecified atom stereocenters. The van der Waals surface area contributed by atoms with Crippen molar-refractivity contribution in [2.75, 3.05) is 6.61 Å². The molecule has 164 valence electrons. The summed E-state index contributed by atoms with van der Waals surface area (Å²) in [6.07, 6.45) is 0.556. The minimum atomic E-state index is -1.17. The molecule has 0 fully saturated rings. The van der Waals surface area contributed by atoms with Crippen molar-refractivity contribution in [3.05, 3.63) is 44.9 Å². The highest BCUT2D eigenvalue weighted by molar-refractivity contribution is 7.18. The fourth-order valence-corrected chi connectivity index (χ4v) is 5.38. The second-order valence-corrected chi connectivity index (χ2v) is 10.5. The van der Waals surface area contributed by atoms with E-state index in [1.807, 2.05) is 52.8 Å². The van der Waals surface area contributed by atoms with E-state index in [-0.39, 0.29) is 0 Å². The number of carbonyl (C=O) groups is 1. The summed E-state index contributed by atoms with van der Waals surface area (Å²) in [5.74, 6) is -0.254. The number of hydrogen-bond donors (Lipinski definition) is 1. The second-order valence-electron chi connectivity index (χ2n) is 8.87. The first-order chi connectivity index (χ1) is 14.6. The van der Waals surface area contributed by atoms with E-state index >= 15 is 0 Å². The summed E-state index contributed by atoms with van der Waals surface area (Å²) in [7, 11) is 0. The molecule has 3 heterocycles. The summed E-state index contributed by atoms with van der Waals surface area (Å²) in [5, 5.41) is 11.6. The van der Waals surface area contributed by atoms with Crippen molar-refractivity contribution in [1.29, 1.82) is 0 Å². The Morgan fingerprint density at radius 3 is 2.74 bits per heavy atom. The van der Waals surface area contributed by atoms with Crippen molar-refractivity contribution in [3.63, 3.8) is 0 Å². The number of rotatable bonds is 4. The molecular formula is C24H26ClNO4S. The molecule has 31 heavy (non-hydrogen) atoms. The van der Waals surface area contributed by atoms with Gasteiger partial charge in [0, 0.05) is 38.2 Å². The predicted molar refractivity (Wildman–Crippen MR) is 125 cm³/mol. The molecule has 0 saturated carbocycles. The molecule has 0 saturated heterocycles. The van der Waals surface area contributed by atoms with Gasteiger partial charge in [-0.3, -0.25) is 0 Å². The lowest BCUT2D eigenvalue weighted by molar-refractivity contribution is -0.160. The zero-order valence-corrected chi connectivity index (χ0v) is 19.9. The Kier molecular flexibility index (Phi) is 5.75. The van der Waals surface area contributed by atoms with Gasteiger partial charge in [0.25, 0.3) is 0 Å². The first kappa shape index (κ1) is 22.1. The average Bonchev–Trinajstić information content (AvgIpc) is 3.05. The van der Waals surface area contributed by atoms with E-state index in [0.29, 0.717) is 22.9 Å². The fourth-order valence-electron chi connectivity index (χ4n) is 4.10. The summed E-state index contributed by atoms with van der Waals surface area (Å²) in [4.78, 5) is 19.1. The van der Waals surface area contributed by atoms with Crippen LogP contribution in [0.5, 0.6) is 5.75 Å². The van der Waals surface area contributed by atoms with Gasteiger partial charge in [0.1, 0.15) is 10.6 Å². The van der Waals surface area contributed by atoms with Gasteiger partial charge in [0.15, 0.2) is 6.10 Å². The van der Waals surface area contributed by atoms with Gasteiger partial charge in [0.05, 0.1) is 17.2 Å². The van der Waals surface area contributed by atoms with Crippen LogP contribution in [0.4, 0.5) is 0 Å². The minimum absolute atomic E-state index is 0.548. The third kappa shape index (κ3) is 4.16. The van der Waals surface area contributed by atoms with Crippen LogP contribution in [0.3, 0.4) is 0 Å².